The second-order valence-corrected chi connectivity index (χ2v) is 16.2. The van der Waals surface area contributed by atoms with Crippen LogP contribution in [0.15, 0.2) is 101 Å². The Kier molecular flexibility index (Phi) is 15.2. The first-order chi connectivity index (χ1) is 25.2. The van der Waals surface area contributed by atoms with E-state index in [2.05, 4.69) is 47.0 Å². The van der Waals surface area contributed by atoms with Gasteiger partial charge in [0.2, 0.25) is 0 Å². The van der Waals surface area contributed by atoms with Crippen molar-refractivity contribution in [3.8, 4) is 16.9 Å². The van der Waals surface area contributed by atoms with Gasteiger partial charge in [-0.2, -0.15) is 0 Å². The van der Waals surface area contributed by atoms with Crippen molar-refractivity contribution in [3.05, 3.63) is 112 Å². The lowest BCUT2D eigenvalue weighted by Crippen LogP contribution is -2.31. The lowest BCUT2D eigenvalue weighted by Gasteiger charge is -2.22. The number of ether oxygens (including phenoxy) is 1. The number of sulfonamides is 1. The van der Waals surface area contributed by atoms with Crippen molar-refractivity contribution in [2.75, 3.05) is 79.6 Å². The molecule has 0 heterocycles. The monoisotopic (exact) mass is 762 g/mol. The molecule has 53 heavy (non-hydrogen) atoms. The molecule has 0 saturated heterocycles. The van der Waals surface area contributed by atoms with E-state index in [0.29, 0.717) is 17.9 Å². The average Bonchev–Trinajstić information content (AvgIpc) is 3.14. The number of carbonyl (C=O) groups excluding carboxylic acids is 1. The quantitative estimate of drug-likeness (QED) is 0.0628. The zero-order chi connectivity index (χ0) is 38.5. The van der Waals surface area contributed by atoms with Gasteiger partial charge in [0.05, 0.1) is 16.9 Å². The van der Waals surface area contributed by atoms with Crippen molar-refractivity contribution in [2.45, 2.75) is 28.7 Å². The van der Waals surface area contributed by atoms with E-state index in [1.54, 1.807) is 31.0 Å². The number of amides is 1. The number of anilines is 1. The number of methoxy groups -OCH3 is 1. The van der Waals surface area contributed by atoms with Crippen LogP contribution in [0, 0.1) is 10.1 Å². The Bertz CT molecular complexity index is 1920. The molecule has 0 fully saturated rings. The fourth-order valence-corrected chi connectivity index (χ4v) is 7.46. The van der Waals surface area contributed by atoms with E-state index in [9.17, 15) is 23.3 Å². The number of thioether (sulfide) groups is 1. The molecule has 0 aromatic heterocycles. The van der Waals surface area contributed by atoms with E-state index in [-0.39, 0.29) is 17.3 Å². The first-order valence-electron chi connectivity index (χ1n) is 17.3. The third kappa shape index (κ3) is 12.6. The van der Waals surface area contributed by atoms with Crippen LogP contribution < -0.4 is 14.8 Å². The van der Waals surface area contributed by atoms with E-state index in [1.165, 1.54) is 24.3 Å². The van der Waals surface area contributed by atoms with Crippen molar-refractivity contribution in [3.63, 3.8) is 0 Å². The Morgan fingerprint density at radius 3 is 2.21 bits per heavy atom. The molecule has 0 aliphatic heterocycles. The maximum atomic E-state index is 13.3. The molecule has 0 aliphatic rings. The molecule has 12 nitrogen and oxygen atoms in total. The van der Waals surface area contributed by atoms with Gasteiger partial charge < -0.3 is 24.8 Å². The summed E-state index contributed by atoms with van der Waals surface area (Å²) in [6.45, 7) is 3.61. The molecule has 0 radical (unpaired) electrons. The number of nitro benzene ring substituents is 1. The van der Waals surface area contributed by atoms with E-state index >= 15 is 0 Å². The molecule has 4 aromatic rings. The van der Waals surface area contributed by atoms with Gasteiger partial charge in [-0.25, -0.2) is 13.1 Å². The van der Waals surface area contributed by atoms with Crippen LogP contribution >= 0.6 is 11.8 Å². The molecule has 1 amide bonds. The van der Waals surface area contributed by atoms with Gasteiger partial charge in [0.25, 0.3) is 21.6 Å². The highest BCUT2D eigenvalue weighted by molar-refractivity contribution is 7.99. The summed E-state index contributed by atoms with van der Waals surface area (Å²) in [7, 11) is 7.30. The second kappa shape index (κ2) is 19.6. The fourth-order valence-electron chi connectivity index (χ4n) is 5.47. The maximum absolute atomic E-state index is 13.3. The predicted octanol–water partition coefficient (Wildman–Crippen LogP) is 5.95. The van der Waals surface area contributed by atoms with Crippen LogP contribution in [-0.4, -0.2) is 114 Å². The number of likely N-dealkylation sites (N-methyl/N-ethyl adjacent to an activating group) is 2. The molecule has 4 aromatic carbocycles. The number of hydrogen-bond acceptors (Lipinski definition) is 11. The number of benzene rings is 4. The van der Waals surface area contributed by atoms with Crippen molar-refractivity contribution < 1.29 is 22.9 Å². The highest BCUT2D eigenvalue weighted by Gasteiger charge is 2.25. The van der Waals surface area contributed by atoms with Crippen LogP contribution in [-0.2, 0) is 16.4 Å². The third-order valence-electron chi connectivity index (χ3n) is 8.62. The largest absolute Gasteiger partial charge is 0.496 e. The normalized spacial score (nSPS) is 12.2. The number of hydrogen-bond donors (Lipinski definition) is 2. The molecule has 2 N–H and O–H groups in total. The Labute approximate surface area is 317 Å². The number of nitrogens with one attached hydrogen (secondary N) is 2. The van der Waals surface area contributed by atoms with Gasteiger partial charge in [0.15, 0.2) is 0 Å². The summed E-state index contributed by atoms with van der Waals surface area (Å²) in [6.07, 6.45) is 1.56. The first kappa shape index (κ1) is 41.3. The van der Waals surface area contributed by atoms with Crippen molar-refractivity contribution >= 4 is 39.1 Å². The second-order valence-electron chi connectivity index (χ2n) is 13.4. The Morgan fingerprint density at radius 2 is 1.57 bits per heavy atom. The summed E-state index contributed by atoms with van der Waals surface area (Å²) in [5, 5.41) is 15.4. The standard InChI is InChI=1S/C39H50N6O6S2/c1-42(2)22-21-32(28-52-33-10-8-7-9-11-33)40-36-19-17-34(27-37(36)45(47)48)53(49,50)41-39(46)31-15-13-30(14-16-31)35-18-12-29(26-38(35)51-6)20-23-44(5)25-24-43(3)4/h7-19,26-27,32,40H,20-25,28H2,1-6H3,(H,41,46)/t32-/m1/s1. The highest BCUT2D eigenvalue weighted by atomic mass is 32.2. The number of nitro groups is 1. The van der Waals surface area contributed by atoms with Crippen LogP contribution in [0.4, 0.5) is 11.4 Å². The smallest absolute Gasteiger partial charge is 0.293 e. The summed E-state index contributed by atoms with van der Waals surface area (Å²) < 4.78 is 34.4. The van der Waals surface area contributed by atoms with Crippen molar-refractivity contribution in [1.29, 1.82) is 0 Å². The first-order valence-corrected chi connectivity index (χ1v) is 19.8. The Balaban J connectivity index is 1.44. The summed E-state index contributed by atoms with van der Waals surface area (Å²) in [6, 6.07) is 25.9. The molecular formula is C39H50N6O6S2. The molecule has 0 saturated carbocycles. The molecule has 14 heteroatoms. The lowest BCUT2D eigenvalue weighted by molar-refractivity contribution is -0.384. The average molecular weight is 763 g/mol. The van der Waals surface area contributed by atoms with Gasteiger partial charge in [-0.1, -0.05) is 42.5 Å². The minimum absolute atomic E-state index is 0.112. The van der Waals surface area contributed by atoms with E-state index in [0.717, 1.165) is 60.3 Å². The van der Waals surface area contributed by atoms with Gasteiger partial charge >= 0.3 is 0 Å². The minimum Gasteiger partial charge on any atom is -0.496 e. The molecule has 0 unspecified atom stereocenters. The molecule has 4 rings (SSSR count). The highest BCUT2D eigenvalue weighted by Crippen LogP contribution is 2.32. The molecule has 0 spiro atoms. The molecule has 1 atom stereocenters. The summed E-state index contributed by atoms with van der Waals surface area (Å²) in [4.78, 5) is 31.8. The van der Waals surface area contributed by atoms with E-state index < -0.39 is 31.4 Å². The van der Waals surface area contributed by atoms with Crippen molar-refractivity contribution in [1.82, 2.24) is 19.4 Å². The molecule has 0 aliphatic carbocycles. The Hall–Kier alpha value is -4.47. The van der Waals surface area contributed by atoms with Gasteiger partial charge in [-0.05, 0) is 108 Å². The van der Waals surface area contributed by atoms with E-state index in [4.69, 9.17) is 4.74 Å². The SMILES string of the molecule is COc1cc(CCN(C)CCN(C)C)ccc1-c1ccc(C(=O)NS(=O)(=O)c2ccc(N[C@H](CCN(C)C)CSc3ccccc3)c([N+](=O)[O-])c2)cc1. The van der Waals surface area contributed by atoms with E-state index in [1.807, 2.05) is 61.5 Å². The van der Waals surface area contributed by atoms with Crippen LogP contribution in [0.2, 0.25) is 0 Å². The van der Waals surface area contributed by atoms with Crippen LogP contribution in [0.25, 0.3) is 11.1 Å². The number of carbonyl (C=O) groups is 1. The number of nitrogens with zero attached hydrogens (tertiary/aromatic N) is 4. The molecule has 0 bridgehead atoms. The zero-order valence-corrected chi connectivity index (χ0v) is 32.9. The minimum atomic E-state index is -4.44. The molecule has 284 valence electrons. The van der Waals surface area contributed by atoms with Gasteiger partial charge in [-0.15, -0.1) is 11.8 Å². The lowest BCUT2D eigenvalue weighted by atomic mass is 10.00. The predicted molar refractivity (Wildman–Crippen MR) is 214 cm³/mol. The van der Waals surface area contributed by atoms with Crippen LogP contribution in [0.3, 0.4) is 0 Å². The molecular weight excluding hydrogens is 713 g/mol. The van der Waals surface area contributed by atoms with Crippen LogP contribution in [0.1, 0.15) is 22.3 Å². The van der Waals surface area contributed by atoms with Gasteiger partial charge in [0, 0.05) is 53.5 Å². The maximum Gasteiger partial charge on any atom is 0.293 e. The van der Waals surface area contributed by atoms with Crippen LogP contribution in [0.5, 0.6) is 5.75 Å². The van der Waals surface area contributed by atoms with Crippen molar-refractivity contribution in [2.24, 2.45) is 0 Å². The summed E-state index contributed by atoms with van der Waals surface area (Å²) in [5.41, 5.74) is 2.67. The van der Waals surface area contributed by atoms with Gasteiger partial charge in [-0.3, -0.25) is 14.9 Å². The number of rotatable bonds is 20. The summed E-state index contributed by atoms with van der Waals surface area (Å²) in [5.74, 6) is 0.470. The summed E-state index contributed by atoms with van der Waals surface area (Å²) >= 11 is 1.63. The third-order valence-corrected chi connectivity index (χ3v) is 11.1. The Morgan fingerprint density at radius 1 is 0.868 bits per heavy atom. The topological polar surface area (TPSA) is 137 Å². The zero-order valence-electron chi connectivity index (χ0n) is 31.2. The fraction of sp³-hybridized carbons (Fsp3) is 0.359. The van der Waals surface area contributed by atoms with Gasteiger partial charge in [0.1, 0.15) is 11.4 Å².